The van der Waals surface area contributed by atoms with Gasteiger partial charge in [-0.05, 0) is 23.8 Å². The quantitative estimate of drug-likeness (QED) is 0.600. The molecule has 2 rings (SSSR count). The molecule has 0 saturated carbocycles. The highest BCUT2D eigenvalue weighted by atomic mass is 16.5. The molecule has 1 fully saturated rings. The Balaban J connectivity index is 1.67. The van der Waals surface area contributed by atoms with Crippen LogP contribution in [0.25, 0.3) is 4.85 Å². The van der Waals surface area contributed by atoms with Crippen molar-refractivity contribution in [1.29, 1.82) is 0 Å². The molecule has 1 aromatic rings. The van der Waals surface area contributed by atoms with E-state index in [-0.39, 0.29) is 0 Å². The van der Waals surface area contributed by atoms with Crippen LogP contribution in [-0.4, -0.2) is 31.1 Å². The highest BCUT2D eigenvalue weighted by molar-refractivity contribution is 5.45. The second-order valence-corrected chi connectivity index (χ2v) is 6.04. The van der Waals surface area contributed by atoms with Crippen LogP contribution in [0.2, 0.25) is 0 Å². The Labute approximate surface area is 122 Å². The molecular weight excluding hydrogens is 248 g/mol. The summed E-state index contributed by atoms with van der Waals surface area (Å²) in [6, 6.07) is 7.64. The first-order chi connectivity index (χ1) is 9.67. The molecular formula is C17H24N2O. The maximum Gasteiger partial charge on any atom is 0.187 e. The Bertz CT molecular complexity index is 439. The predicted octanol–water partition coefficient (Wildman–Crippen LogP) is 3.73. The van der Waals surface area contributed by atoms with Crippen LogP contribution in [0.3, 0.4) is 0 Å². The molecule has 3 nitrogen and oxygen atoms in total. The third kappa shape index (κ3) is 4.63. The van der Waals surface area contributed by atoms with E-state index in [4.69, 9.17) is 11.3 Å². The van der Waals surface area contributed by atoms with Gasteiger partial charge in [0.2, 0.25) is 0 Å². The predicted molar refractivity (Wildman–Crippen MR) is 81.7 cm³/mol. The van der Waals surface area contributed by atoms with E-state index in [9.17, 15) is 0 Å². The summed E-state index contributed by atoms with van der Waals surface area (Å²) in [5.41, 5.74) is 1.82. The number of rotatable bonds is 5. The lowest BCUT2D eigenvalue weighted by molar-refractivity contribution is 0.0663. The average molecular weight is 272 g/mol. The van der Waals surface area contributed by atoms with E-state index in [2.05, 4.69) is 23.6 Å². The molecule has 1 saturated heterocycles. The van der Waals surface area contributed by atoms with Crippen molar-refractivity contribution < 1.29 is 4.74 Å². The summed E-state index contributed by atoms with van der Waals surface area (Å²) < 4.78 is 5.75. The zero-order chi connectivity index (χ0) is 14.4. The van der Waals surface area contributed by atoms with E-state index in [0.717, 1.165) is 30.6 Å². The van der Waals surface area contributed by atoms with Crippen molar-refractivity contribution in [3.05, 3.63) is 41.2 Å². The second kappa shape index (κ2) is 7.42. The van der Waals surface area contributed by atoms with Gasteiger partial charge in [-0.3, -0.25) is 0 Å². The summed E-state index contributed by atoms with van der Waals surface area (Å²) >= 11 is 0. The third-order valence-electron chi connectivity index (χ3n) is 3.83. The Hall–Kier alpha value is -1.37. The fourth-order valence-corrected chi connectivity index (χ4v) is 3.02. The van der Waals surface area contributed by atoms with Crippen LogP contribution < -0.4 is 0 Å². The van der Waals surface area contributed by atoms with Gasteiger partial charge in [-0.15, -0.1) is 0 Å². The van der Waals surface area contributed by atoms with Crippen molar-refractivity contribution in [2.45, 2.75) is 26.9 Å². The van der Waals surface area contributed by atoms with E-state index < -0.39 is 0 Å². The Kier molecular flexibility index (Phi) is 5.58. The fraction of sp³-hybridized carbons (Fsp3) is 0.588. The molecule has 0 bridgehead atoms. The van der Waals surface area contributed by atoms with E-state index in [1.165, 1.54) is 19.5 Å². The lowest BCUT2D eigenvalue weighted by Gasteiger charge is -2.34. The molecule has 0 N–H and O–H groups in total. The first kappa shape index (κ1) is 15.0. The van der Waals surface area contributed by atoms with Crippen LogP contribution >= 0.6 is 0 Å². The minimum Gasteiger partial charge on any atom is -0.375 e. The number of piperidine rings is 1. The lowest BCUT2D eigenvalue weighted by Crippen LogP contribution is -2.40. The summed E-state index contributed by atoms with van der Waals surface area (Å²) in [5.74, 6) is 1.61. The molecule has 0 amide bonds. The summed E-state index contributed by atoms with van der Waals surface area (Å²) in [4.78, 5) is 5.90. The van der Waals surface area contributed by atoms with Crippen LogP contribution in [0.15, 0.2) is 24.3 Å². The van der Waals surface area contributed by atoms with Crippen molar-refractivity contribution in [3.63, 3.8) is 0 Å². The van der Waals surface area contributed by atoms with Crippen LogP contribution in [0.1, 0.15) is 25.8 Å². The summed E-state index contributed by atoms with van der Waals surface area (Å²) in [7, 11) is 0. The van der Waals surface area contributed by atoms with Crippen molar-refractivity contribution in [2.75, 3.05) is 26.2 Å². The van der Waals surface area contributed by atoms with Gasteiger partial charge in [0.25, 0.3) is 0 Å². The van der Waals surface area contributed by atoms with Gasteiger partial charge >= 0.3 is 0 Å². The molecule has 2 unspecified atom stereocenters. The number of hydrogen-bond donors (Lipinski definition) is 0. The number of likely N-dealkylation sites (tertiary alicyclic amines) is 1. The topological polar surface area (TPSA) is 16.8 Å². The number of hydrogen-bond acceptors (Lipinski definition) is 2. The SMILES string of the molecule is [C-]#[N+]c1ccc(COCCN2CC(C)CC(C)C2)cc1. The highest BCUT2D eigenvalue weighted by Crippen LogP contribution is 2.20. The van der Waals surface area contributed by atoms with Crippen LogP contribution in [-0.2, 0) is 11.3 Å². The van der Waals surface area contributed by atoms with Gasteiger partial charge in [-0.1, -0.05) is 38.1 Å². The standard InChI is InChI=1S/C17H24N2O/c1-14-10-15(2)12-19(11-14)8-9-20-13-16-4-6-17(18-3)7-5-16/h4-7,14-15H,8-13H2,1-2H3. The number of ether oxygens (including phenoxy) is 1. The molecule has 20 heavy (non-hydrogen) atoms. The normalized spacial score (nSPS) is 23.4. The van der Waals surface area contributed by atoms with E-state index in [1.54, 1.807) is 0 Å². The van der Waals surface area contributed by atoms with Gasteiger partial charge < -0.3 is 9.64 Å². The monoisotopic (exact) mass is 272 g/mol. The minimum absolute atomic E-state index is 0.636. The Morgan fingerprint density at radius 3 is 2.45 bits per heavy atom. The molecule has 2 atom stereocenters. The molecule has 0 aliphatic carbocycles. The molecule has 0 aromatic heterocycles. The van der Waals surface area contributed by atoms with Gasteiger partial charge in [-0.2, -0.15) is 0 Å². The largest absolute Gasteiger partial charge is 0.375 e. The summed E-state index contributed by atoms with van der Waals surface area (Å²) in [5, 5.41) is 0. The smallest absolute Gasteiger partial charge is 0.187 e. The van der Waals surface area contributed by atoms with Crippen molar-refractivity contribution in [3.8, 4) is 0 Å². The Morgan fingerprint density at radius 2 is 1.85 bits per heavy atom. The van der Waals surface area contributed by atoms with Gasteiger partial charge in [0.05, 0.1) is 19.8 Å². The fourth-order valence-electron chi connectivity index (χ4n) is 3.02. The number of nitrogens with zero attached hydrogens (tertiary/aromatic N) is 2. The second-order valence-electron chi connectivity index (χ2n) is 6.04. The Morgan fingerprint density at radius 1 is 1.20 bits per heavy atom. The molecule has 1 aliphatic heterocycles. The number of benzene rings is 1. The molecule has 1 heterocycles. The highest BCUT2D eigenvalue weighted by Gasteiger charge is 2.21. The van der Waals surface area contributed by atoms with Crippen molar-refractivity contribution >= 4 is 5.69 Å². The molecule has 3 heteroatoms. The molecule has 108 valence electrons. The third-order valence-corrected chi connectivity index (χ3v) is 3.83. The van der Waals surface area contributed by atoms with Crippen LogP contribution in [0.5, 0.6) is 0 Å². The minimum atomic E-state index is 0.636. The van der Waals surface area contributed by atoms with Gasteiger partial charge in [0.1, 0.15) is 0 Å². The van der Waals surface area contributed by atoms with Gasteiger partial charge in [0.15, 0.2) is 5.69 Å². The van der Waals surface area contributed by atoms with Crippen LogP contribution in [0.4, 0.5) is 5.69 Å². The maximum atomic E-state index is 6.92. The van der Waals surface area contributed by atoms with Crippen molar-refractivity contribution in [2.24, 2.45) is 11.8 Å². The van der Waals surface area contributed by atoms with E-state index in [1.807, 2.05) is 24.3 Å². The lowest BCUT2D eigenvalue weighted by atomic mass is 9.92. The summed E-state index contributed by atoms with van der Waals surface area (Å²) in [6.07, 6.45) is 1.35. The summed E-state index contributed by atoms with van der Waals surface area (Å²) in [6.45, 7) is 16.4. The molecule has 1 aromatic carbocycles. The van der Waals surface area contributed by atoms with E-state index >= 15 is 0 Å². The van der Waals surface area contributed by atoms with Gasteiger partial charge in [-0.25, -0.2) is 4.85 Å². The molecule has 0 radical (unpaired) electrons. The van der Waals surface area contributed by atoms with Crippen LogP contribution in [0, 0.1) is 18.4 Å². The first-order valence-corrected chi connectivity index (χ1v) is 7.44. The average Bonchev–Trinajstić information content (AvgIpc) is 2.43. The molecule has 1 aliphatic rings. The van der Waals surface area contributed by atoms with Gasteiger partial charge in [0, 0.05) is 19.6 Å². The zero-order valence-electron chi connectivity index (χ0n) is 12.5. The van der Waals surface area contributed by atoms with E-state index in [0.29, 0.717) is 12.3 Å². The maximum absolute atomic E-state index is 6.92. The zero-order valence-corrected chi connectivity index (χ0v) is 12.5. The first-order valence-electron chi connectivity index (χ1n) is 7.44. The van der Waals surface area contributed by atoms with Crippen molar-refractivity contribution in [1.82, 2.24) is 4.90 Å². The molecule has 0 spiro atoms.